The van der Waals surface area contributed by atoms with E-state index in [9.17, 15) is 9.90 Å². The molecule has 2 aromatic rings. The van der Waals surface area contributed by atoms with Crippen LogP contribution >= 0.6 is 11.8 Å². The van der Waals surface area contributed by atoms with Crippen LogP contribution in [-0.4, -0.2) is 30.9 Å². The molecule has 2 heterocycles. The van der Waals surface area contributed by atoms with Gasteiger partial charge in [0.1, 0.15) is 5.25 Å². The molecule has 0 amide bonds. The monoisotopic (exact) mass is 315 g/mol. The van der Waals surface area contributed by atoms with Gasteiger partial charge in [-0.2, -0.15) is 0 Å². The first-order valence-corrected chi connectivity index (χ1v) is 8.22. The molecule has 114 valence electrons. The molecule has 0 radical (unpaired) electrons. The highest BCUT2D eigenvalue weighted by molar-refractivity contribution is 8.00. The van der Waals surface area contributed by atoms with Gasteiger partial charge in [-0.3, -0.25) is 4.79 Å². The standard InChI is InChI=1S/C16H17N3O2S/c1-15(2)8-11(20)12-16(21,9-15)19-14(22-12)17-13(18-19)10-6-4-3-5-7-10/h3-7,12,21H,8-9H2,1-2H3/t12-,16+/m0/s1. The van der Waals surface area contributed by atoms with Gasteiger partial charge in [0.25, 0.3) is 0 Å². The molecule has 0 bridgehead atoms. The Balaban J connectivity index is 1.79. The fourth-order valence-corrected chi connectivity index (χ4v) is 4.70. The van der Waals surface area contributed by atoms with Crippen molar-refractivity contribution in [3.8, 4) is 11.4 Å². The fourth-order valence-electron chi connectivity index (χ4n) is 3.47. The van der Waals surface area contributed by atoms with Gasteiger partial charge in [-0.05, 0) is 5.41 Å². The van der Waals surface area contributed by atoms with Gasteiger partial charge in [-0.15, -0.1) is 5.10 Å². The first-order valence-electron chi connectivity index (χ1n) is 7.34. The summed E-state index contributed by atoms with van der Waals surface area (Å²) in [7, 11) is 0. The largest absolute Gasteiger partial charge is 0.368 e. The molecule has 2 aliphatic rings. The number of benzene rings is 1. The Labute approximate surface area is 132 Å². The third-order valence-corrected chi connectivity index (χ3v) is 5.65. The number of fused-ring (bicyclic) bond motifs is 3. The zero-order valence-electron chi connectivity index (χ0n) is 12.5. The lowest BCUT2D eigenvalue weighted by Gasteiger charge is -2.41. The normalized spacial score (nSPS) is 29.2. The first kappa shape index (κ1) is 14.0. The molecule has 1 N–H and O–H groups in total. The average molecular weight is 315 g/mol. The molecule has 1 aliphatic heterocycles. The SMILES string of the molecule is CC1(C)CC(=O)[C@@H]2Sc3nc(-c4ccccc4)nn3[C@@]2(O)C1. The van der Waals surface area contributed by atoms with E-state index >= 15 is 0 Å². The lowest BCUT2D eigenvalue weighted by molar-refractivity contribution is -0.146. The second-order valence-electron chi connectivity index (χ2n) is 6.86. The van der Waals surface area contributed by atoms with Crippen molar-refractivity contribution in [1.82, 2.24) is 14.8 Å². The van der Waals surface area contributed by atoms with Crippen molar-refractivity contribution in [3.63, 3.8) is 0 Å². The number of ketones is 1. The molecule has 22 heavy (non-hydrogen) atoms. The van der Waals surface area contributed by atoms with Gasteiger partial charge in [0, 0.05) is 18.4 Å². The smallest absolute Gasteiger partial charge is 0.190 e. The highest BCUT2D eigenvalue weighted by atomic mass is 32.2. The van der Waals surface area contributed by atoms with Crippen molar-refractivity contribution in [2.75, 3.05) is 0 Å². The lowest BCUT2D eigenvalue weighted by Crippen LogP contribution is -2.52. The molecule has 2 atom stereocenters. The summed E-state index contributed by atoms with van der Waals surface area (Å²) in [5, 5.41) is 15.8. The molecule has 0 saturated heterocycles. The summed E-state index contributed by atoms with van der Waals surface area (Å²) in [6, 6.07) is 9.67. The Morgan fingerprint density at radius 1 is 1.32 bits per heavy atom. The Hall–Kier alpha value is -1.66. The van der Waals surface area contributed by atoms with Gasteiger partial charge >= 0.3 is 0 Å². The van der Waals surface area contributed by atoms with E-state index in [0.717, 1.165) is 5.56 Å². The summed E-state index contributed by atoms with van der Waals surface area (Å²) >= 11 is 1.33. The van der Waals surface area contributed by atoms with E-state index in [1.54, 1.807) is 4.68 Å². The average Bonchev–Trinajstić information content (AvgIpc) is 2.97. The quantitative estimate of drug-likeness (QED) is 0.875. The van der Waals surface area contributed by atoms with Crippen LogP contribution in [0.3, 0.4) is 0 Å². The van der Waals surface area contributed by atoms with Crippen molar-refractivity contribution in [1.29, 1.82) is 0 Å². The minimum absolute atomic E-state index is 0.0808. The molecule has 0 unspecified atom stereocenters. The molecular weight excluding hydrogens is 298 g/mol. The predicted molar refractivity (Wildman–Crippen MR) is 83.3 cm³/mol. The molecule has 1 saturated carbocycles. The van der Waals surface area contributed by atoms with Crippen LogP contribution in [0.5, 0.6) is 0 Å². The molecule has 1 aromatic carbocycles. The maximum absolute atomic E-state index is 12.4. The highest BCUT2D eigenvalue weighted by Crippen LogP contribution is 2.52. The van der Waals surface area contributed by atoms with E-state index in [4.69, 9.17) is 0 Å². The van der Waals surface area contributed by atoms with Crippen molar-refractivity contribution in [2.45, 2.75) is 42.8 Å². The van der Waals surface area contributed by atoms with E-state index in [2.05, 4.69) is 10.1 Å². The maximum Gasteiger partial charge on any atom is 0.190 e. The van der Waals surface area contributed by atoms with Crippen LogP contribution < -0.4 is 0 Å². The molecule has 0 spiro atoms. The third-order valence-electron chi connectivity index (χ3n) is 4.30. The van der Waals surface area contributed by atoms with Gasteiger partial charge < -0.3 is 5.11 Å². The number of nitrogens with zero attached hydrogens (tertiary/aromatic N) is 3. The van der Waals surface area contributed by atoms with Crippen LogP contribution in [0.1, 0.15) is 26.7 Å². The molecular formula is C16H17N3O2S. The van der Waals surface area contributed by atoms with Gasteiger partial charge in [0.15, 0.2) is 22.5 Å². The fraction of sp³-hybridized carbons (Fsp3) is 0.438. The minimum Gasteiger partial charge on any atom is -0.368 e. The van der Waals surface area contributed by atoms with Crippen LogP contribution in [-0.2, 0) is 10.5 Å². The number of hydrogen-bond donors (Lipinski definition) is 1. The van der Waals surface area contributed by atoms with E-state index in [1.165, 1.54) is 11.8 Å². The van der Waals surface area contributed by atoms with Crippen LogP contribution in [0, 0.1) is 5.41 Å². The first-order chi connectivity index (χ1) is 10.4. The summed E-state index contributed by atoms with van der Waals surface area (Å²) in [6.45, 7) is 4.02. The van der Waals surface area contributed by atoms with Gasteiger partial charge in [0.2, 0.25) is 0 Å². The summed E-state index contributed by atoms with van der Waals surface area (Å²) in [6.07, 6.45) is 0.997. The third kappa shape index (κ3) is 1.94. The van der Waals surface area contributed by atoms with Crippen molar-refractivity contribution < 1.29 is 9.90 Å². The summed E-state index contributed by atoms with van der Waals surface area (Å²) < 4.78 is 1.56. The topological polar surface area (TPSA) is 68.0 Å². The Bertz CT molecular complexity index is 756. The number of rotatable bonds is 1. The van der Waals surface area contributed by atoms with Crippen molar-refractivity contribution in [3.05, 3.63) is 30.3 Å². The summed E-state index contributed by atoms with van der Waals surface area (Å²) in [4.78, 5) is 16.9. The van der Waals surface area contributed by atoms with E-state index < -0.39 is 11.0 Å². The number of hydrogen-bond acceptors (Lipinski definition) is 5. The molecule has 1 aliphatic carbocycles. The van der Waals surface area contributed by atoms with Crippen LogP contribution in [0.15, 0.2) is 35.5 Å². The van der Waals surface area contributed by atoms with E-state index in [-0.39, 0.29) is 11.2 Å². The van der Waals surface area contributed by atoms with Crippen LogP contribution in [0.25, 0.3) is 11.4 Å². The number of aliphatic hydroxyl groups is 1. The summed E-state index contributed by atoms with van der Waals surface area (Å²) in [5.41, 5.74) is -0.589. The maximum atomic E-state index is 12.4. The Morgan fingerprint density at radius 3 is 2.77 bits per heavy atom. The van der Waals surface area contributed by atoms with Crippen LogP contribution in [0.2, 0.25) is 0 Å². The second-order valence-corrected chi connectivity index (χ2v) is 7.93. The van der Waals surface area contributed by atoms with Gasteiger partial charge in [0.05, 0.1) is 0 Å². The van der Waals surface area contributed by atoms with E-state index in [1.807, 2.05) is 44.2 Å². The number of carbonyl (C=O) groups is 1. The zero-order valence-corrected chi connectivity index (χ0v) is 13.3. The minimum atomic E-state index is -1.27. The number of aromatic nitrogens is 3. The number of Topliss-reactive ketones (excluding diaryl/α,β-unsaturated/α-hetero) is 1. The summed E-state index contributed by atoms with van der Waals surface area (Å²) in [5.74, 6) is 0.670. The van der Waals surface area contributed by atoms with Crippen molar-refractivity contribution >= 4 is 17.5 Å². The van der Waals surface area contributed by atoms with Gasteiger partial charge in [-0.25, -0.2) is 9.67 Å². The van der Waals surface area contributed by atoms with Crippen LogP contribution in [0.4, 0.5) is 0 Å². The van der Waals surface area contributed by atoms with Crippen molar-refractivity contribution in [2.24, 2.45) is 5.41 Å². The highest BCUT2D eigenvalue weighted by Gasteiger charge is 2.58. The zero-order chi connectivity index (χ0) is 15.5. The lowest BCUT2D eigenvalue weighted by atomic mass is 9.72. The van der Waals surface area contributed by atoms with E-state index in [0.29, 0.717) is 23.8 Å². The molecule has 1 fully saturated rings. The Morgan fingerprint density at radius 2 is 2.05 bits per heavy atom. The number of carbonyl (C=O) groups excluding carboxylic acids is 1. The molecule has 4 rings (SSSR count). The van der Waals surface area contributed by atoms with Gasteiger partial charge in [-0.1, -0.05) is 55.9 Å². The molecule has 5 nitrogen and oxygen atoms in total. The second kappa shape index (κ2) is 4.43. The molecule has 6 heteroatoms. The predicted octanol–water partition coefficient (Wildman–Crippen LogP) is 2.45. The Kier molecular flexibility index (Phi) is 2.81. The molecule has 1 aromatic heterocycles. The number of thioether (sulfide) groups is 1.